The third kappa shape index (κ3) is 4.37. The van der Waals surface area contributed by atoms with Crippen LogP contribution in [0.1, 0.15) is 29.1 Å². The Hall–Kier alpha value is -3.55. The van der Waals surface area contributed by atoms with Crippen LogP contribution in [0.4, 0.5) is 10.1 Å². The number of halogens is 1. The van der Waals surface area contributed by atoms with Gasteiger partial charge in [-0.3, -0.25) is 9.59 Å². The van der Waals surface area contributed by atoms with Gasteiger partial charge in [-0.2, -0.15) is 4.98 Å². The van der Waals surface area contributed by atoms with Crippen LogP contribution in [0.2, 0.25) is 0 Å². The highest BCUT2D eigenvalue weighted by Crippen LogP contribution is 2.22. The second kappa shape index (κ2) is 8.44. The molecule has 1 aliphatic rings. The summed E-state index contributed by atoms with van der Waals surface area (Å²) in [5.41, 5.74) is 1.79. The average molecular weight is 408 g/mol. The van der Waals surface area contributed by atoms with Gasteiger partial charge in [0.2, 0.25) is 17.6 Å². The summed E-state index contributed by atoms with van der Waals surface area (Å²) in [5.74, 6) is 0.142. The third-order valence-corrected chi connectivity index (χ3v) is 5.16. The number of aryl methyl sites for hydroxylation is 1. The van der Waals surface area contributed by atoms with Gasteiger partial charge in [0.15, 0.2) is 0 Å². The summed E-state index contributed by atoms with van der Waals surface area (Å²) in [4.78, 5) is 31.2. The van der Waals surface area contributed by atoms with E-state index in [4.69, 9.17) is 4.52 Å². The number of rotatable bonds is 4. The number of piperidine rings is 1. The molecule has 0 bridgehead atoms. The molecular formula is C22H21FN4O3. The van der Waals surface area contributed by atoms with Crippen molar-refractivity contribution in [1.82, 2.24) is 15.0 Å². The summed E-state index contributed by atoms with van der Waals surface area (Å²) in [5, 5.41) is 6.62. The van der Waals surface area contributed by atoms with Crippen molar-refractivity contribution in [2.45, 2.75) is 19.8 Å². The molecule has 0 spiro atoms. The lowest BCUT2D eigenvalue weighted by atomic mass is 9.95. The molecule has 1 fully saturated rings. The van der Waals surface area contributed by atoms with E-state index in [2.05, 4.69) is 15.5 Å². The number of likely N-dealkylation sites (tertiary alicyclic amines) is 1. The second-order valence-electron chi connectivity index (χ2n) is 7.28. The highest BCUT2D eigenvalue weighted by Gasteiger charge is 2.28. The quantitative estimate of drug-likeness (QED) is 0.712. The summed E-state index contributed by atoms with van der Waals surface area (Å²) in [6.45, 7) is 2.70. The lowest BCUT2D eigenvalue weighted by molar-refractivity contribution is -0.121. The van der Waals surface area contributed by atoms with Crippen molar-refractivity contribution in [1.29, 1.82) is 0 Å². The van der Waals surface area contributed by atoms with Crippen LogP contribution in [-0.2, 0) is 4.79 Å². The van der Waals surface area contributed by atoms with E-state index >= 15 is 0 Å². The number of benzene rings is 2. The molecule has 1 saturated heterocycles. The molecule has 0 unspecified atom stereocenters. The second-order valence-corrected chi connectivity index (χ2v) is 7.28. The maximum Gasteiger partial charge on any atom is 0.253 e. The monoisotopic (exact) mass is 408 g/mol. The molecule has 30 heavy (non-hydrogen) atoms. The van der Waals surface area contributed by atoms with Crippen LogP contribution in [0, 0.1) is 18.7 Å². The van der Waals surface area contributed by atoms with E-state index in [0.717, 1.165) is 5.56 Å². The van der Waals surface area contributed by atoms with Gasteiger partial charge in [0.1, 0.15) is 5.82 Å². The van der Waals surface area contributed by atoms with E-state index < -0.39 is 5.82 Å². The van der Waals surface area contributed by atoms with E-state index in [1.54, 1.807) is 48.2 Å². The first-order valence-corrected chi connectivity index (χ1v) is 9.76. The first-order valence-electron chi connectivity index (χ1n) is 9.76. The van der Waals surface area contributed by atoms with Crippen molar-refractivity contribution in [2.75, 3.05) is 18.4 Å². The predicted octanol–water partition coefficient (Wildman–Crippen LogP) is 3.68. The van der Waals surface area contributed by atoms with Crippen LogP contribution >= 0.6 is 0 Å². The summed E-state index contributed by atoms with van der Waals surface area (Å²) in [7, 11) is 0. The zero-order valence-corrected chi connectivity index (χ0v) is 16.5. The topological polar surface area (TPSA) is 88.3 Å². The van der Waals surface area contributed by atoms with Gasteiger partial charge in [-0.05, 0) is 43.2 Å². The Morgan fingerprint density at radius 3 is 2.50 bits per heavy atom. The standard InChI is InChI=1S/C22H21FN4O3/c1-14-24-20(26-30-14)15-5-7-17(8-6-15)22(29)27-11-9-16(10-12-27)21(28)25-19-4-2-3-18(23)13-19/h2-8,13,16H,9-12H2,1H3,(H,25,28). The molecule has 1 aromatic heterocycles. The fourth-order valence-electron chi connectivity index (χ4n) is 3.52. The fourth-order valence-corrected chi connectivity index (χ4v) is 3.52. The molecule has 1 N–H and O–H groups in total. The average Bonchev–Trinajstić information content (AvgIpc) is 3.20. The molecule has 0 saturated carbocycles. The van der Waals surface area contributed by atoms with Crippen molar-refractivity contribution in [3.05, 3.63) is 65.8 Å². The lowest BCUT2D eigenvalue weighted by Gasteiger charge is -2.31. The minimum atomic E-state index is -0.395. The molecule has 2 aromatic carbocycles. The molecule has 0 aliphatic carbocycles. The molecule has 1 aliphatic heterocycles. The lowest BCUT2D eigenvalue weighted by Crippen LogP contribution is -2.41. The van der Waals surface area contributed by atoms with E-state index in [1.165, 1.54) is 12.1 Å². The predicted molar refractivity (Wildman–Crippen MR) is 108 cm³/mol. The minimum absolute atomic E-state index is 0.0742. The third-order valence-electron chi connectivity index (χ3n) is 5.16. The van der Waals surface area contributed by atoms with Gasteiger partial charge < -0.3 is 14.7 Å². The van der Waals surface area contributed by atoms with Gasteiger partial charge >= 0.3 is 0 Å². The molecule has 154 valence electrons. The number of nitrogens with one attached hydrogen (secondary N) is 1. The molecule has 3 aromatic rings. The van der Waals surface area contributed by atoms with Crippen LogP contribution in [0.25, 0.3) is 11.4 Å². The highest BCUT2D eigenvalue weighted by atomic mass is 19.1. The van der Waals surface area contributed by atoms with E-state index in [0.29, 0.717) is 48.9 Å². The van der Waals surface area contributed by atoms with Gasteiger partial charge in [0, 0.05) is 42.7 Å². The number of carbonyl (C=O) groups is 2. The van der Waals surface area contributed by atoms with Crippen LogP contribution in [-0.4, -0.2) is 39.9 Å². The van der Waals surface area contributed by atoms with Gasteiger partial charge in [0.05, 0.1) is 0 Å². The number of nitrogens with zero attached hydrogens (tertiary/aromatic N) is 3. The van der Waals surface area contributed by atoms with Crippen LogP contribution in [0.3, 0.4) is 0 Å². The first kappa shape index (κ1) is 19.8. The zero-order valence-electron chi connectivity index (χ0n) is 16.5. The van der Waals surface area contributed by atoms with Crippen LogP contribution < -0.4 is 5.32 Å². The summed E-state index contributed by atoms with van der Waals surface area (Å²) >= 11 is 0. The minimum Gasteiger partial charge on any atom is -0.339 e. The normalized spacial score (nSPS) is 14.5. The fraction of sp³-hybridized carbons (Fsp3) is 0.273. The van der Waals surface area contributed by atoms with Crippen molar-refractivity contribution in [3.63, 3.8) is 0 Å². The van der Waals surface area contributed by atoms with Crippen molar-refractivity contribution in [3.8, 4) is 11.4 Å². The smallest absolute Gasteiger partial charge is 0.253 e. The number of amides is 2. The molecule has 2 amide bonds. The Morgan fingerprint density at radius 1 is 1.13 bits per heavy atom. The summed E-state index contributed by atoms with van der Waals surface area (Å²) < 4.78 is 18.3. The van der Waals surface area contributed by atoms with Crippen molar-refractivity contribution >= 4 is 17.5 Å². The SMILES string of the molecule is Cc1nc(-c2ccc(C(=O)N3CCC(C(=O)Nc4cccc(F)c4)CC3)cc2)no1. The molecule has 7 nitrogen and oxygen atoms in total. The largest absolute Gasteiger partial charge is 0.339 e. The molecule has 0 radical (unpaired) electrons. The molecule has 2 heterocycles. The van der Waals surface area contributed by atoms with Gasteiger partial charge in [-0.25, -0.2) is 4.39 Å². The van der Waals surface area contributed by atoms with Crippen LogP contribution in [0.5, 0.6) is 0 Å². The van der Waals surface area contributed by atoms with Crippen molar-refractivity contribution < 1.29 is 18.5 Å². The first-order chi connectivity index (χ1) is 14.5. The Balaban J connectivity index is 1.33. The zero-order chi connectivity index (χ0) is 21.1. The Labute approximate surface area is 172 Å². The Bertz CT molecular complexity index is 1060. The Kier molecular flexibility index (Phi) is 5.56. The van der Waals surface area contributed by atoms with Gasteiger partial charge in [0.25, 0.3) is 5.91 Å². The number of carbonyl (C=O) groups excluding carboxylic acids is 2. The van der Waals surface area contributed by atoms with Gasteiger partial charge in [-0.1, -0.05) is 23.4 Å². The summed E-state index contributed by atoms with van der Waals surface area (Å²) in [6, 6.07) is 12.9. The molecule has 8 heteroatoms. The maximum atomic E-state index is 13.3. The number of hydrogen-bond acceptors (Lipinski definition) is 5. The Morgan fingerprint density at radius 2 is 1.87 bits per heavy atom. The van der Waals surface area contributed by atoms with E-state index in [-0.39, 0.29) is 17.7 Å². The van der Waals surface area contributed by atoms with E-state index in [1.807, 2.05) is 0 Å². The molecular weight excluding hydrogens is 387 g/mol. The maximum absolute atomic E-state index is 13.3. The molecule has 0 atom stereocenters. The number of aromatic nitrogens is 2. The van der Waals surface area contributed by atoms with Crippen LogP contribution in [0.15, 0.2) is 53.1 Å². The number of anilines is 1. The highest BCUT2D eigenvalue weighted by molar-refractivity contribution is 5.95. The summed E-state index contributed by atoms with van der Waals surface area (Å²) in [6.07, 6.45) is 1.13. The van der Waals surface area contributed by atoms with Gasteiger partial charge in [-0.15, -0.1) is 0 Å². The van der Waals surface area contributed by atoms with E-state index in [9.17, 15) is 14.0 Å². The molecule has 4 rings (SSSR count). The number of hydrogen-bond donors (Lipinski definition) is 1. The van der Waals surface area contributed by atoms with Crippen molar-refractivity contribution in [2.24, 2.45) is 5.92 Å².